The molecule has 0 unspecified atom stereocenters. The van der Waals surface area contributed by atoms with Gasteiger partial charge in [-0.05, 0) is 135 Å². The maximum Gasteiger partial charge on any atom is 0.0498 e. The minimum Gasteiger partial charge on any atom is -0.134 e. The fraction of sp³-hybridized carbons (Fsp3) is 0.577. The predicted molar refractivity (Wildman–Crippen MR) is 250 cm³/mol. The van der Waals surface area contributed by atoms with Crippen molar-refractivity contribution >= 4 is 56.4 Å². The Balaban J connectivity index is 1.58. The lowest BCUT2D eigenvalue weighted by Gasteiger charge is -2.07. The highest BCUT2D eigenvalue weighted by Crippen LogP contribution is 2.44. The van der Waals surface area contributed by atoms with Crippen LogP contribution in [0.3, 0.4) is 0 Å². The van der Waals surface area contributed by atoms with Gasteiger partial charge in [0, 0.05) is 19.2 Å². The van der Waals surface area contributed by atoms with Crippen molar-refractivity contribution < 1.29 is 0 Å². The molecular weight excluding hydrogens is 689 g/mol. The average molecular weight is 765 g/mol. The quantitative estimate of drug-likeness (QED) is 0.0559. The van der Waals surface area contributed by atoms with E-state index in [9.17, 15) is 0 Å². The van der Waals surface area contributed by atoms with Gasteiger partial charge in [0.1, 0.15) is 0 Å². The lowest BCUT2D eigenvalue weighted by molar-refractivity contribution is 0.556. The number of hydrogen-bond acceptors (Lipinski definition) is 2. The number of aryl methyl sites for hydroxylation is 8. The third kappa shape index (κ3) is 14.0. The fourth-order valence-electron chi connectivity index (χ4n) is 8.03. The lowest BCUT2D eigenvalue weighted by atomic mass is 9.99. The van der Waals surface area contributed by atoms with Crippen LogP contribution >= 0.6 is 22.7 Å². The Morgan fingerprint density at radius 3 is 0.981 bits per heavy atom. The Morgan fingerprint density at radius 2 is 0.648 bits per heavy atom. The normalized spacial score (nSPS) is 12.1. The van der Waals surface area contributed by atoms with Crippen molar-refractivity contribution in [1.82, 2.24) is 0 Å². The van der Waals surface area contributed by atoms with Crippen LogP contribution in [0.15, 0.2) is 24.3 Å². The highest BCUT2D eigenvalue weighted by atomic mass is 32.1. The van der Waals surface area contributed by atoms with Crippen LogP contribution in [-0.2, 0) is 12.8 Å². The minimum atomic E-state index is 1.19. The van der Waals surface area contributed by atoms with Crippen molar-refractivity contribution in [2.75, 3.05) is 0 Å². The van der Waals surface area contributed by atoms with E-state index in [4.69, 9.17) is 0 Å². The Bertz CT molecular complexity index is 1630. The molecule has 2 heterocycles. The molecule has 2 aromatic heterocycles. The fourth-order valence-corrected chi connectivity index (χ4v) is 10.9. The Hall–Kier alpha value is -2.42. The van der Waals surface area contributed by atoms with Crippen LogP contribution in [0.1, 0.15) is 208 Å². The van der Waals surface area contributed by atoms with Crippen LogP contribution in [0.5, 0.6) is 0 Å². The first-order valence-electron chi connectivity index (χ1n) is 22.3. The van der Waals surface area contributed by atoms with Crippen molar-refractivity contribution in [3.05, 3.63) is 89.7 Å². The molecule has 0 nitrogen and oxygen atoms in total. The molecule has 0 aliphatic rings. The Kier molecular flexibility index (Phi) is 19.9. The highest BCUT2D eigenvalue weighted by molar-refractivity contribution is 7.29. The molecule has 0 radical (unpaired) electrons. The molecule has 2 aromatic carbocycles. The van der Waals surface area contributed by atoms with E-state index in [2.05, 4.69) is 127 Å². The molecule has 0 aliphatic heterocycles. The summed E-state index contributed by atoms with van der Waals surface area (Å²) in [6.07, 6.45) is 39.9. The lowest BCUT2D eigenvalue weighted by Crippen LogP contribution is -1.89. The van der Waals surface area contributed by atoms with E-state index in [1.807, 2.05) is 0 Å². The van der Waals surface area contributed by atoms with Gasteiger partial charge < -0.3 is 0 Å². The summed E-state index contributed by atoms with van der Waals surface area (Å²) in [5.74, 6) is 0. The van der Waals surface area contributed by atoms with E-state index in [0.717, 1.165) is 0 Å². The second-order valence-electron chi connectivity index (χ2n) is 16.7. The molecule has 4 aromatic rings. The SMILES string of the molecule is CCCCCCCCCCCCc1c(/C=C/c2cc(C)c(C)cc2C)sc2c(CCCCCCCCCCCC)c(/C=C/c3cc(C)c(C)cc3C)sc12. The van der Waals surface area contributed by atoms with Crippen molar-refractivity contribution in [2.45, 2.75) is 197 Å². The Morgan fingerprint density at radius 1 is 0.352 bits per heavy atom. The molecule has 0 atom stereocenters. The highest BCUT2D eigenvalue weighted by Gasteiger charge is 2.19. The summed E-state index contributed by atoms with van der Waals surface area (Å²) in [4.78, 5) is 2.99. The van der Waals surface area contributed by atoms with E-state index < -0.39 is 0 Å². The predicted octanol–water partition coefficient (Wildman–Crippen LogP) is 18.1. The second-order valence-corrected chi connectivity index (χ2v) is 18.8. The van der Waals surface area contributed by atoms with Gasteiger partial charge in [0.25, 0.3) is 0 Å². The molecule has 0 saturated heterocycles. The third-order valence-electron chi connectivity index (χ3n) is 11.9. The Labute approximate surface area is 341 Å². The first kappa shape index (κ1) is 44.3. The molecule has 2 heteroatoms. The summed E-state index contributed by atoms with van der Waals surface area (Å²) in [6.45, 7) is 18.1. The number of rotatable bonds is 26. The van der Waals surface area contributed by atoms with Gasteiger partial charge >= 0.3 is 0 Å². The summed E-state index contributed by atoms with van der Waals surface area (Å²) in [5.41, 5.74) is 14.2. The van der Waals surface area contributed by atoms with Gasteiger partial charge in [0.05, 0.1) is 0 Å². The van der Waals surface area contributed by atoms with Crippen LogP contribution in [0, 0.1) is 41.5 Å². The smallest absolute Gasteiger partial charge is 0.0498 e. The topological polar surface area (TPSA) is 0 Å². The summed E-state index contributed by atoms with van der Waals surface area (Å²) >= 11 is 4.17. The number of unbranched alkanes of at least 4 members (excludes halogenated alkanes) is 18. The summed E-state index contributed by atoms with van der Waals surface area (Å²) < 4.78 is 3.15. The van der Waals surface area contributed by atoms with Crippen molar-refractivity contribution in [3.8, 4) is 0 Å². The van der Waals surface area contributed by atoms with E-state index in [0.29, 0.717) is 0 Å². The van der Waals surface area contributed by atoms with Crippen LogP contribution in [-0.4, -0.2) is 0 Å². The second kappa shape index (κ2) is 24.3. The molecule has 4 rings (SSSR count). The molecule has 296 valence electrons. The zero-order chi connectivity index (χ0) is 38.7. The van der Waals surface area contributed by atoms with Gasteiger partial charge in [0.15, 0.2) is 0 Å². The maximum atomic E-state index is 2.47. The number of hydrogen-bond donors (Lipinski definition) is 0. The molecule has 0 saturated carbocycles. The van der Waals surface area contributed by atoms with Gasteiger partial charge in [-0.2, -0.15) is 0 Å². The molecule has 0 aliphatic carbocycles. The molecule has 54 heavy (non-hydrogen) atoms. The maximum absolute atomic E-state index is 2.47. The monoisotopic (exact) mass is 765 g/mol. The van der Waals surface area contributed by atoms with Gasteiger partial charge in [-0.3, -0.25) is 0 Å². The van der Waals surface area contributed by atoms with E-state index in [1.165, 1.54) is 196 Å². The molecule has 0 fully saturated rings. The molecular formula is C52H76S2. The molecule has 0 bridgehead atoms. The van der Waals surface area contributed by atoms with Gasteiger partial charge in [-0.15, -0.1) is 22.7 Å². The number of benzene rings is 2. The summed E-state index contributed by atoms with van der Waals surface area (Å²) in [5, 5.41) is 0. The van der Waals surface area contributed by atoms with Gasteiger partial charge in [-0.1, -0.05) is 166 Å². The van der Waals surface area contributed by atoms with Crippen molar-refractivity contribution in [1.29, 1.82) is 0 Å². The molecule has 0 N–H and O–H groups in total. The van der Waals surface area contributed by atoms with Crippen LogP contribution < -0.4 is 0 Å². The van der Waals surface area contributed by atoms with E-state index in [-0.39, 0.29) is 0 Å². The zero-order valence-electron chi connectivity index (χ0n) is 36.0. The van der Waals surface area contributed by atoms with Crippen LogP contribution in [0.4, 0.5) is 0 Å². The summed E-state index contributed by atoms with van der Waals surface area (Å²) in [7, 11) is 0. The first-order chi connectivity index (χ1) is 26.2. The largest absolute Gasteiger partial charge is 0.134 e. The van der Waals surface area contributed by atoms with E-state index >= 15 is 0 Å². The third-order valence-corrected chi connectivity index (χ3v) is 14.6. The van der Waals surface area contributed by atoms with E-state index in [1.54, 1.807) is 20.5 Å². The van der Waals surface area contributed by atoms with Gasteiger partial charge in [0.2, 0.25) is 0 Å². The molecule has 0 amide bonds. The van der Waals surface area contributed by atoms with Crippen molar-refractivity contribution in [2.24, 2.45) is 0 Å². The zero-order valence-corrected chi connectivity index (χ0v) is 37.6. The first-order valence-corrected chi connectivity index (χ1v) is 24.0. The van der Waals surface area contributed by atoms with Crippen molar-refractivity contribution in [3.63, 3.8) is 0 Å². The van der Waals surface area contributed by atoms with Gasteiger partial charge in [-0.25, -0.2) is 0 Å². The minimum absolute atomic E-state index is 1.19. The molecule has 0 spiro atoms. The number of fused-ring (bicyclic) bond motifs is 1. The summed E-state index contributed by atoms with van der Waals surface area (Å²) in [6, 6.07) is 9.47. The van der Waals surface area contributed by atoms with Crippen LogP contribution in [0.25, 0.3) is 33.7 Å². The van der Waals surface area contributed by atoms with Crippen LogP contribution in [0.2, 0.25) is 0 Å². The number of thiophene rings is 2. The average Bonchev–Trinajstić information content (AvgIpc) is 3.66. The standard InChI is InChI=1S/C52H76S2/c1-9-11-13-15-17-19-21-23-25-27-29-47-49(33-31-45-37-41(5)39(3)35-43(45)7)53-52-48(30-28-26-24-22-20-18-16-14-12-10-2)50(54-51(47)52)34-32-46-38-42(6)40(4)36-44(46)8/h31-38H,9-30H2,1-8H3/b33-31+,34-32+.